The van der Waals surface area contributed by atoms with Crippen molar-refractivity contribution in [2.45, 2.75) is 13.0 Å². The number of thiophene rings is 1. The van der Waals surface area contributed by atoms with E-state index in [0.29, 0.717) is 10.8 Å². The molecule has 1 unspecified atom stereocenters. The molecule has 1 atom stereocenters. The lowest BCUT2D eigenvalue weighted by Crippen LogP contribution is -2.30. The van der Waals surface area contributed by atoms with Crippen molar-refractivity contribution in [3.63, 3.8) is 0 Å². The quantitative estimate of drug-likeness (QED) is 0.882. The molecule has 5 nitrogen and oxygen atoms in total. The topological polar surface area (TPSA) is 75.6 Å². The Kier molecular flexibility index (Phi) is 4.82. The number of hydrogen-bond donors (Lipinski definition) is 2. The van der Waals surface area contributed by atoms with Crippen LogP contribution in [0.1, 0.15) is 17.3 Å². The molecule has 2 rings (SSSR count). The van der Waals surface area contributed by atoms with Crippen LogP contribution in [0.15, 0.2) is 35.7 Å². The number of nitrogens with one attached hydrogen (secondary N) is 1. The first-order valence-corrected chi connectivity index (χ1v) is 7.27. The van der Waals surface area contributed by atoms with E-state index in [1.165, 1.54) is 6.07 Å². The molecule has 1 aromatic heterocycles. The molecule has 0 aliphatic carbocycles. The first kappa shape index (κ1) is 15.3. The number of hydrogen-bond acceptors (Lipinski definition) is 4. The van der Waals surface area contributed by atoms with E-state index < -0.39 is 18.0 Å². The van der Waals surface area contributed by atoms with E-state index in [0.717, 1.165) is 11.3 Å². The number of halogens is 1. The second-order valence-corrected chi connectivity index (χ2v) is 5.47. The number of carboxylic acid groups (broad SMARTS) is 1. The van der Waals surface area contributed by atoms with Crippen molar-refractivity contribution in [2.75, 3.05) is 5.32 Å². The molecule has 0 aliphatic rings. The summed E-state index contributed by atoms with van der Waals surface area (Å²) in [5.41, 5.74) is 0.0540. The van der Waals surface area contributed by atoms with Crippen molar-refractivity contribution in [3.05, 3.63) is 46.3 Å². The van der Waals surface area contributed by atoms with Crippen LogP contribution in [0.3, 0.4) is 0 Å². The first-order chi connectivity index (χ1) is 9.99. The van der Waals surface area contributed by atoms with Gasteiger partial charge in [0.25, 0.3) is 5.91 Å². The third kappa shape index (κ3) is 3.74. The molecular weight excluding hydrogens is 314 g/mol. The van der Waals surface area contributed by atoms with Crippen LogP contribution in [0.2, 0.25) is 5.02 Å². The van der Waals surface area contributed by atoms with E-state index in [-0.39, 0.29) is 10.6 Å². The third-order valence-electron chi connectivity index (χ3n) is 2.64. The Labute approximate surface area is 130 Å². The molecule has 0 spiro atoms. The highest BCUT2D eigenvalue weighted by Gasteiger charge is 2.19. The predicted octanol–water partition coefficient (Wildman–Crippen LogP) is 3.51. The average molecular weight is 326 g/mol. The van der Waals surface area contributed by atoms with Gasteiger partial charge in [-0.05, 0) is 30.5 Å². The molecule has 7 heteroatoms. The molecule has 2 aromatic rings. The van der Waals surface area contributed by atoms with Crippen molar-refractivity contribution in [2.24, 2.45) is 0 Å². The van der Waals surface area contributed by atoms with Crippen LogP contribution >= 0.6 is 22.9 Å². The molecule has 21 heavy (non-hydrogen) atoms. The van der Waals surface area contributed by atoms with Gasteiger partial charge in [0.15, 0.2) is 6.10 Å². The van der Waals surface area contributed by atoms with Crippen LogP contribution in [-0.4, -0.2) is 23.1 Å². The minimum absolute atomic E-state index is 0.0540. The molecule has 1 aromatic carbocycles. The highest BCUT2D eigenvalue weighted by Crippen LogP contribution is 2.26. The first-order valence-electron chi connectivity index (χ1n) is 6.02. The number of amides is 1. The zero-order chi connectivity index (χ0) is 15.4. The van der Waals surface area contributed by atoms with E-state index in [1.54, 1.807) is 36.6 Å². The predicted molar refractivity (Wildman–Crippen MR) is 81.5 cm³/mol. The van der Waals surface area contributed by atoms with Crippen molar-refractivity contribution >= 4 is 39.8 Å². The Morgan fingerprint density at radius 3 is 2.71 bits per heavy atom. The van der Waals surface area contributed by atoms with Gasteiger partial charge in [0.2, 0.25) is 0 Å². The average Bonchev–Trinajstić information content (AvgIpc) is 2.89. The molecule has 0 saturated carbocycles. The second-order valence-electron chi connectivity index (χ2n) is 4.15. The number of carboxylic acids is 1. The zero-order valence-corrected chi connectivity index (χ0v) is 12.6. The summed E-state index contributed by atoms with van der Waals surface area (Å²) in [6.07, 6.45) is -0.811. The largest absolute Gasteiger partial charge is 0.479 e. The molecule has 1 amide bonds. The van der Waals surface area contributed by atoms with Crippen LogP contribution in [0.5, 0.6) is 5.75 Å². The molecule has 110 valence electrons. The monoisotopic (exact) mass is 325 g/mol. The Morgan fingerprint density at radius 1 is 1.33 bits per heavy atom. The van der Waals surface area contributed by atoms with Gasteiger partial charge in [0.1, 0.15) is 10.8 Å². The summed E-state index contributed by atoms with van der Waals surface area (Å²) in [4.78, 5) is 23.0. The number of para-hydroxylation sites is 1. The maximum Gasteiger partial charge on any atom is 0.338 e. The minimum atomic E-state index is -1.09. The normalized spacial score (nSPS) is 11.7. The molecular formula is C14H12ClNO4S. The molecule has 0 fully saturated rings. The fraction of sp³-hybridized carbons (Fsp3) is 0.143. The summed E-state index contributed by atoms with van der Waals surface area (Å²) in [5, 5.41) is 13.8. The van der Waals surface area contributed by atoms with E-state index >= 15 is 0 Å². The van der Waals surface area contributed by atoms with Crippen LogP contribution in [0.25, 0.3) is 0 Å². The van der Waals surface area contributed by atoms with E-state index in [2.05, 4.69) is 5.32 Å². The lowest BCUT2D eigenvalue weighted by Gasteiger charge is -2.15. The van der Waals surface area contributed by atoms with Crippen molar-refractivity contribution < 1.29 is 19.4 Å². The van der Waals surface area contributed by atoms with Gasteiger partial charge in [-0.3, -0.25) is 4.79 Å². The van der Waals surface area contributed by atoms with E-state index in [4.69, 9.17) is 21.4 Å². The van der Waals surface area contributed by atoms with Gasteiger partial charge in [0, 0.05) is 0 Å². The maximum atomic E-state index is 12.0. The summed E-state index contributed by atoms with van der Waals surface area (Å²) < 4.78 is 5.47. The Morgan fingerprint density at radius 2 is 2.05 bits per heavy atom. The van der Waals surface area contributed by atoms with Gasteiger partial charge in [0.05, 0.1) is 10.6 Å². The summed E-state index contributed by atoms with van der Waals surface area (Å²) in [5.74, 6) is -1.14. The van der Waals surface area contributed by atoms with Gasteiger partial charge in [-0.15, -0.1) is 11.3 Å². The van der Waals surface area contributed by atoms with Crippen molar-refractivity contribution in [1.29, 1.82) is 0 Å². The molecule has 1 heterocycles. The molecule has 0 bridgehead atoms. The van der Waals surface area contributed by atoms with Crippen molar-refractivity contribution in [1.82, 2.24) is 0 Å². The third-order valence-corrected chi connectivity index (χ3v) is 3.78. The molecule has 0 saturated heterocycles. The van der Waals surface area contributed by atoms with Crippen LogP contribution < -0.4 is 10.1 Å². The number of rotatable bonds is 5. The Bertz CT molecular complexity index is 670. The number of benzene rings is 1. The SMILES string of the molecule is CC(Oc1ccccc1Cl)C(=O)Nc1sccc1C(=O)O. The minimum Gasteiger partial charge on any atom is -0.479 e. The van der Waals surface area contributed by atoms with Crippen LogP contribution in [0, 0.1) is 0 Å². The van der Waals surface area contributed by atoms with Gasteiger partial charge >= 0.3 is 5.97 Å². The molecule has 0 radical (unpaired) electrons. The summed E-state index contributed by atoms with van der Waals surface area (Å²) in [7, 11) is 0. The Balaban J connectivity index is 2.05. The van der Waals surface area contributed by atoms with Gasteiger partial charge < -0.3 is 15.2 Å². The van der Waals surface area contributed by atoms with Gasteiger partial charge in [-0.1, -0.05) is 23.7 Å². The Hall–Kier alpha value is -2.05. The molecule has 2 N–H and O–H groups in total. The fourth-order valence-corrected chi connectivity index (χ4v) is 2.53. The lowest BCUT2D eigenvalue weighted by molar-refractivity contribution is -0.122. The summed E-state index contributed by atoms with van der Waals surface area (Å²) in [6.45, 7) is 1.56. The van der Waals surface area contributed by atoms with Crippen LogP contribution in [0.4, 0.5) is 5.00 Å². The second kappa shape index (κ2) is 6.60. The fourth-order valence-electron chi connectivity index (χ4n) is 1.57. The smallest absolute Gasteiger partial charge is 0.338 e. The number of carbonyl (C=O) groups excluding carboxylic acids is 1. The lowest BCUT2D eigenvalue weighted by atomic mass is 10.3. The molecule has 0 aliphatic heterocycles. The number of ether oxygens (including phenoxy) is 1. The number of anilines is 1. The summed E-state index contributed by atoms with van der Waals surface area (Å²) >= 11 is 7.09. The standard InChI is InChI=1S/C14H12ClNO4S/c1-8(20-11-5-3-2-4-10(11)15)12(17)16-13-9(14(18)19)6-7-21-13/h2-8H,1H3,(H,16,17)(H,18,19). The van der Waals surface area contributed by atoms with E-state index in [9.17, 15) is 9.59 Å². The van der Waals surface area contributed by atoms with E-state index in [1.807, 2.05) is 0 Å². The maximum absolute atomic E-state index is 12.0. The van der Waals surface area contributed by atoms with Gasteiger partial charge in [-0.25, -0.2) is 4.79 Å². The zero-order valence-electron chi connectivity index (χ0n) is 11.0. The van der Waals surface area contributed by atoms with Crippen LogP contribution in [-0.2, 0) is 4.79 Å². The van der Waals surface area contributed by atoms with Crippen molar-refractivity contribution in [3.8, 4) is 5.75 Å². The van der Waals surface area contributed by atoms with Gasteiger partial charge in [-0.2, -0.15) is 0 Å². The number of carbonyl (C=O) groups is 2. The highest BCUT2D eigenvalue weighted by molar-refractivity contribution is 7.14. The number of aromatic carboxylic acids is 1. The summed E-state index contributed by atoms with van der Waals surface area (Å²) in [6, 6.07) is 8.24. The highest BCUT2D eigenvalue weighted by atomic mass is 35.5.